The number of hydrogen-bond acceptors (Lipinski definition) is 3. The molecule has 1 unspecified atom stereocenters. The van der Waals surface area contributed by atoms with E-state index in [1.54, 1.807) is 19.1 Å². The molecule has 1 amide bonds. The molecule has 1 aromatic heterocycles. The second-order valence-corrected chi connectivity index (χ2v) is 5.29. The molecule has 2 aromatic rings. The molecule has 2 N–H and O–H groups in total. The topological polar surface area (TPSA) is 62.5 Å². The molecule has 1 aliphatic carbocycles. The van der Waals surface area contributed by atoms with Crippen molar-refractivity contribution in [2.75, 3.05) is 6.54 Å². The van der Waals surface area contributed by atoms with E-state index >= 15 is 0 Å². The van der Waals surface area contributed by atoms with Gasteiger partial charge in [-0.1, -0.05) is 12.1 Å². The smallest absolute Gasteiger partial charge is 0.287 e. The standard InChI is InChI=1S/C15H16FNO3/c1-8-10-3-2-4-11(16)14(10)20-13(8)15(19)17-7-12(18)9-5-6-9/h2-4,9,12,18H,5-7H2,1H3,(H,17,19). The van der Waals surface area contributed by atoms with Crippen molar-refractivity contribution in [1.29, 1.82) is 0 Å². The van der Waals surface area contributed by atoms with Crippen LogP contribution in [0.1, 0.15) is 29.0 Å². The average Bonchev–Trinajstić information content (AvgIpc) is 3.22. The minimum atomic E-state index is -0.514. The molecule has 5 heteroatoms. The summed E-state index contributed by atoms with van der Waals surface area (Å²) in [5.74, 6) is -0.502. The van der Waals surface area contributed by atoms with Crippen molar-refractivity contribution in [3.63, 3.8) is 0 Å². The van der Waals surface area contributed by atoms with Gasteiger partial charge in [0.2, 0.25) is 0 Å². The van der Waals surface area contributed by atoms with Crippen molar-refractivity contribution in [2.24, 2.45) is 5.92 Å². The quantitative estimate of drug-likeness (QED) is 0.902. The predicted octanol–water partition coefficient (Wildman–Crippen LogP) is 2.38. The first-order valence-electron chi connectivity index (χ1n) is 6.72. The molecule has 3 rings (SSSR count). The highest BCUT2D eigenvalue weighted by Gasteiger charge is 2.30. The van der Waals surface area contributed by atoms with E-state index < -0.39 is 17.8 Å². The normalized spacial score (nSPS) is 16.4. The maximum absolute atomic E-state index is 13.6. The van der Waals surface area contributed by atoms with Crippen LogP contribution in [0.5, 0.6) is 0 Å². The Morgan fingerprint density at radius 3 is 2.95 bits per heavy atom. The zero-order valence-electron chi connectivity index (χ0n) is 11.1. The van der Waals surface area contributed by atoms with Crippen molar-refractivity contribution >= 4 is 16.9 Å². The maximum atomic E-state index is 13.6. The summed E-state index contributed by atoms with van der Waals surface area (Å²) in [4.78, 5) is 12.1. The third-order valence-corrected chi connectivity index (χ3v) is 3.76. The van der Waals surface area contributed by atoms with Crippen molar-refractivity contribution in [3.8, 4) is 0 Å². The van der Waals surface area contributed by atoms with Crippen LogP contribution in [0.15, 0.2) is 22.6 Å². The van der Waals surface area contributed by atoms with Crippen LogP contribution in [0.4, 0.5) is 4.39 Å². The van der Waals surface area contributed by atoms with E-state index in [4.69, 9.17) is 4.42 Å². The SMILES string of the molecule is Cc1c(C(=O)NCC(O)C2CC2)oc2c(F)cccc12. The largest absolute Gasteiger partial charge is 0.448 e. The summed E-state index contributed by atoms with van der Waals surface area (Å²) in [6.45, 7) is 1.92. The average molecular weight is 277 g/mol. The van der Waals surface area contributed by atoms with Gasteiger partial charge in [-0.2, -0.15) is 0 Å². The highest BCUT2D eigenvalue weighted by Crippen LogP contribution is 2.32. The second-order valence-electron chi connectivity index (χ2n) is 5.29. The third-order valence-electron chi connectivity index (χ3n) is 3.76. The van der Waals surface area contributed by atoms with E-state index in [1.165, 1.54) is 6.07 Å². The lowest BCUT2D eigenvalue weighted by Gasteiger charge is -2.09. The summed E-state index contributed by atoms with van der Waals surface area (Å²) in [7, 11) is 0. The van der Waals surface area contributed by atoms with Gasteiger partial charge >= 0.3 is 0 Å². The number of amides is 1. The molecule has 1 heterocycles. The number of carbonyl (C=O) groups excluding carboxylic acids is 1. The Hall–Kier alpha value is -1.88. The monoisotopic (exact) mass is 277 g/mol. The number of aryl methyl sites for hydroxylation is 1. The van der Waals surface area contributed by atoms with Gasteiger partial charge in [0.1, 0.15) is 0 Å². The lowest BCUT2D eigenvalue weighted by atomic mass is 10.1. The van der Waals surface area contributed by atoms with Crippen molar-refractivity contribution < 1.29 is 18.7 Å². The Bertz CT molecular complexity index is 660. The first-order chi connectivity index (χ1) is 9.58. The number of fused-ring (bicyclic) bond motifs is 1. The fraction of sp³-hybridized carbons (Fsp3) is 0.400. The van der Waals surface area contributed by atoms with E-state index in [9.17, 15) is 14.3 Å². The van der Waals surface area contributed by atoms with Crippen LogP contribution in [0, 0.1) is 18.7 Å². The zero-order chi connectivity index (χ0) is 14.3. The summed E-state index contributed by atoms with van der Waals surface area (Å²) < 4.78 is 18.9. The number of aliphatic hydroxyl groups is 1. The van der Waals surface area contributed by atoms with E-state index in [0.29, 0.717) is 16.9 Å². The van der Waals surface area contributed by atoms with Gasteiger partial charge in [0.15, 0.2) is 17.2 Å². The van der Waals surface area contributed by atoms with Gasteiger partial charge in [-0.05, 0) is 31.7 Å². The van der Waals surface area contributed by atoms with Crippen LogP contribution < -0.4 is 5.32 Å². The van der Waals surface area contributed by atoms with Gasteiger partial charge in [-0.15, -0.1) is 0 Å². The summed E-state index contributed by atoms with van der Waals surface area (Å²) in [6.07, 6.45) is 1.50. The minimum absolute atomic E-state index is 0.0953. The van der Waals surface area contributed by atoms with Crippen LogP contribution in [0.25, 0.3) is 11.0 Å². The molecule has 1 atom stereocenters. The highest BCUT2D eigenvalue weighted by molar-refractivity contribution is 5.99. The Morgan fingerprint density at radius 2 is 2.30 bits per heavy atom. The molecular weight excluding hydrogens is 261 g/mol. The third kappa shape index (κ3) is 2.29. The Labute approximate surface area is 115 Å². The summed E-state index contributed by atoms with van der Waals surface area (Å²) in [6, 6.07) is 4.59. The second kappa shape index (κ2) is 4.90. The molecule has 4 nitrogen and oxygen atoms in total. The number of benzene rings is 1. The Morgan fingerprint density at radius 1 is 1.55 bits per heavy atom. The highest BCUT2D eigenvalue weighted by atomic mass is 19.1. The van der Waals surface area contributed by atoms with Crippen LogP contribution in [-0.4, -0.2) is 23.7 Å². The maximum Gasteiger partial charge on any atom is 0.287 e. The molecule has 1 fully saturated rings. The number of halogens is 1. The van der Waals surface area contributed by atoms with Gasteiger partial charge in [0.05, 0.1) is 6.10 Å². The molecule has 0 radical (unpaired) electrons. The van der Waals surface area contributed by atoms with Crippen molar-refractivity contribution in [2.45, 2.75) is 25.9 Å². The van der Waals surface area contributed by atoms with Crippen LogP contribution in [0.3, 0.4) is 0 Å². The van der Waals surface area contributed by atoms with Gasteiger partial charge in [-0.3, -0.25) is 4.79 Å². The molecule has 0 aliphatic heterocycles. The zero-order valence-corrected chi connectivity index (χ0v) is 11.1. The van der Waals surface area contributed by atoms with Crippen molar-refractivity contribution in [3.05, 3.63) is 35.3 Å². The van der Waals surface area contributed by atoms with E-state index in [1.807, 2.05) is 0 Å². The molecule has 1 saturated carbocycles. The van der Waals surface area contributed by atoms with Gasteiger partial charge in [-0.25, -0.2) is 4.39 Å². The fourth-order valence-electron chi connectivity index (χ4n) is 2.35. The number of rotatable bonds is 4. The lowest BCUT2D eigenvalue weighted by molar-refractivity contribution is 0.0875. The van der Waals surface area contributed by atoms with Crippen LogP contribution >= 0.6 is 0 Å². The molecule has 0 spiro atoms. The Kier molecular flexibility index (Phi) is 3.22. The minimum Gasteiger partial charge on any atom is -0.448 e. The first kappa shape index (κ1) is 13.1. The molecule has 0 saturated heterocycles. The van der Waals surface area contributed by atoms with E-state index in [-0.39, 0.29) is 17.9 Å². The van der Waals surface area contributed by atoms with Crippen LogP contribution in [-0.2, 0) is 0 Å². The molecule has 1 aromatic carbocycles. The number of hydrogen-bond donors (Lipinski definition) is 2. The number of carbonyl (C=O) groups is 1. The summed E-state index contributed by atoms with van der Waals surface area (Å²) in [5, 5.41) is 13.0. The number of aliphatic hydroxyl groups excluding tert-OH is 1. The number of furan rings is 1. The lowest BCUT2D eigenvalue weighted by Crippen LogP contribution is -2.33. The van der Waals surface area contributed by atoms with Crippen LogP contribution in [0.2, 0.25) is 0 Å². The van der Waals surface area contributed by atoms with E-state index in [0.717, 1.165) is 12.8 Å². The first-order valence-corrected chi connectivity index (χ1v) is 6.72. The van der Waals surface area contributed by atoms with E-state index in [2.05, 4.69) is 5.32 Å². The predicted molar refractivity (Wildman–Crippen MR) is 72.0 cm³/mol. The fourth-order valence-corrected chi connectivity index (χ4v) is 2.35. The van der Waals surface area contributed by atoms with Gasteiger partial charge < -0.3 is 14.8 Å². The van der Waals surface area contributed by atoms with Crippen molar-refractivity contribution in [1.82, 2.24) is 5.32 Å². The Balaban J connectivity index is 1.80. The number of para-hydroxylation sites is 1. The summed E-state index contributed by atoms with van der Waals surface area (Å²) >= 11 is 0. The summed E-state index contributed by atoms with van der Waals surface area (Å²) in [5.41, 5.74) is 0.704. The number of nitrogens with one attached hydrogen (secondary N) is 1. The molecule has 20 heavy (non-hydrogen) atoms. The van der Waals surface area contributed by atoms with Gasteiger partial charge in [0.25, 0.3) is 5.91 Å². The molecule has 1 aliphatic rings. The molecular formula is C15H16FNO3. The van der Waals surface area contributed by atoms with Gasteiger partial charge in [0, 0.05) is 17.5 Å². The molecule has 106 valence electrons. The molecule has 0 bridgehead atoms.